The topological polar surface area (TPSA) is 203 Å². The van der Waals surface area contributed by atoms with Gasteiger partial charge >= 0.3 is 6.09 Å². The lowest BCUT2D eigenvalue weighted by atomic mass is 9.84. The molecule has 0 unspecified atom stereocenters. The molecule has 0 saturated heterocycles. The number of imidazole rings is 1. The van der Waals surface area contributed by atoms with E-state index in [0.717, 1.165) is 40.8 Å². The molecule has 1 aliphatic heterocycles. The predicted octanol–water partition coefficient (Wildman–Crippen LogP) is 1.97. The van der Waals surface area contributed by atoms with Gasteiger partial charge < -0.3 is 35.6 Å². The third-order valence-corrected chi connectivity index (χ3v) is 8.26. The molecular weight excluding hydrogens is 696 g/mol. The summed E-state index contributed by atoms with van der Waals surface area (Å²) in [5.74, 6) is -4.62. The van der Waals surface area contributed by atoms with Gasteiger partial charge in [-0.25, -0.2) is 18.6 Å². The zero-order valence-electron chi connectivity index (χ0n) is 29.3. The first-order valence-corrected chi connectivity index (χ1v) is 16.6. The minimum absolute atomic E-state index is 0.0887. The van der Waals surface area contributed by atoms with Crippen molar-refractivity contribution in [2.45, 2.75) is 45.8 Å². The Labute approximate surface area is 303 Å². The van der Waals surface area contributed by atoms with Gasteiger partial charge in [-0.1, -0.05) is 51.1 Å². The lowest BCUT2D eigenvalue weighted by molar-refractivity contribution is -0.141. The number of carbonyl (C=O) groups is 6. The second-order valence-corrected chi connectivity index (χ2v) is 13.3. The number of rotatable bonds is 16. The smallest absolute Gasteiger partial charge is 0.405 e. The minimum atomic E-state index is -1.53. The normalized spacial score (nSPS) is 13.8. The van der Waals surface area contributed by atoms with Crippen LogP contribution in [-0.2, 0) is 30.5 Å². The number of amides is 6. The second kappa shape index (κ2) is 17.5. The Morgan fingerprint density at radius 2 is 1.62 bits per heavy atom. The lowest BCUT2D eigenvalue weighted by Crippen LogP contribution is -2.51. The van der Waals surface area contributed by atoms with Gasteiger partial charge in [0.05, 0.1) is 11.7 Å². The summed E-state index contributed by atoms with van der Waals surface area (Å²) in [6.45, 7) is 3.65. The van der Waals surface area contributed by atoms with Crippen molar-refractivity contribution in [2.24, 2.45) is 5.41 Å². The van der Waals surface area contributed by atoms with Crippen LogP contribution in [0.1, 0.15) is 44.6 Å². The van der Waals surface area contributed by atoms with Crippen LogP contribution in [0.15, 0.2) is 66.9 Å². The van der Waals surface area contributed by atoms with Gasteiger partial charge in [0.15, 0.2) is 0 Å². The summed E-state index contributed by atoms with van der Waals surface area (Å²) >= 11 is 0. The van der Waals surface area contributed by atoms with E-state index in [0.29, 0.717) is 0 Å². The zero-order chi connectivity index (χ0) is 38.9. The Morgan fingerprint density at radius 1 is 0.962 bits per heavy atom. The molecule has 1 aliphatic rings. The molecule has 0 saturated carbocycles. The Bertz CT molecular complexity index is 1860. The van der Waals surface area contributed by atoms with E-state index in [1.54, 1.807) is 31.5 Å². The molecule has 2 atom stereocenters. The molecule has 15 nitrogen and oxygen atoms in total. The van der Waals surface area contributed by atoms with Gasteiger partial charge in [-0.15, -0.1) is 0 Å². The van der Waals surface area contributed by atoms with Crippen LogP contribution < -0.4 is 16.0 Å². The third kappa shape index (κ3) is 10.5. The predicted molar refractivity (Wildman–Crippen MR) is 186 cm³/mol. The van der Waals surface area contributed by atoms with E-state index in [1.165, 1.54) is 4.90 Å². The van der Waals surface area contributed by atoms with Gasteiger partial charge in [0.2, 0.25) is 17.7 Å². The molecule has 5 N–H and O–H groups in total. The number of aromatic nitrogens is 2. The van der Waals surface area contributed by atoms with Crippen LogP contribution in [-0.4, -0.2) is 104 Å². The van der Waals surface area contributed by atoms with Gasteiger partial charge in [0.1, 0.15) is 36.7 Å². The SMILES string of the molecule is CC(C)(C)[C@H](c1nc(-c2cc(F)ccc2F)cn1Cc1ccccc1)N(CC[C@H](NC(=O)O)C(=O)NCCNC(=O)CN1C(=O)C=CC1=O)C(=O)CO. The highest BCUT2D eigenvalue weighted by molar-refractivity contribution is 6.14. The highest BCUT2D eigenvalue weighted by Crippen LogP contribution is 2.39. The Hall–Kier alpha value is -5.97. The van der Waals surface area contributed by atoms with E-state index in [-0.39, 0.29) is 49.7 Å². The van der Waals surface area contributed by atoms with E-state index in [9.17, 15) is 47.8 Å². The quantitative estimate of drug-likeness (QED) is 0.108. The molecule has 282 valence electrons. The number of aliphatic hydroxyl groups is 1. The molecule has 3 aromatic rings. The van der Waals surface area contributed by atoms with Crippen LogP contribution >= 0.6 is 0 Å². The fourth-order valence-corrected chi connectivity index (χ4v) is 5.84. The maximum atomic E-state index is 15.0. The maximum absolute atomic E-state index is 15.0. The molecular formula is C36H41F2N7O8. The van der Waals surface area contributed by atoms with Crippen LogP contribution in [0.5, 0.6) is 0 Å². The van der Waals surface area contributed by atoms with Crippen LogP contribution in [0.4, 0.5) is 13.6 Å². The molecule has 17 heteroatoms. The van der Waals surface area contributed by atoms with Crippen molar-refractivity contribution < 1.29 is 47.8 Å². The van der Waals surface area contributed by atoms with E-state index in [1.807, 2.05) is 30.3 Å². The molecule has 0 radical (unpaired) electrons. The van der Waals surface area contributed by atoms with Crippen molar-refractivity contribution in [1.82, 2.24) is 35.3 Å². The van der Waals surface area contributed by atoms with Gasteiger partial charge in [-0.2, -0.15) is 0 Å². The standard InChI is InChI=1S/C36H41F2N7O8/c1-36(2,3)32(33-41-27(24-17-23(37)9-10-25(24)38)19-43(33)18-22-7-5-4-6-8-22)44(31(50)21-46)16-13-26(42-35(52)53)34(51)40-15-14-39-28(47)20-45-29(48)11-12-30(45)49/h4-12,17,19,26,32,42,46H,13-16,18,20-21H2,1-3H3,(H,39,47)(H,40,51)(H,52,53)/t26-,32-/m0/s1. The molecule has 2 aromatic carbocycles. The van der Waals surface area contributed by atoms with E-state index in [2.05, 4.69) is 16.0 Å². The first kappa shape index (κ1) is 39.8. The monoisotopic (exact) mass is 737 g/mol. The average molecular weight is 738 g/mol. The van der Waals surface area contributed by atoms with Crippen LogP contribution in [0.2, 0.25) is 0 Å². The fraction of sp³-hybridized carbons (Fsp3) is 0.361. The zero-order valence-corrected chi connectivity index (χ0v) is 29.3. The number of nitrogens with zero attached hydrogens (tertiary/aromatic N) is 4. The number of aliphatic hydroxyl groups excluding tert-OH is 1. The number of hydrogen-bond donors (Lipinski definition) is 5. The van der Waals surface area contributed by atoms with Gasteiger partial charge in [-0.05, 0) is 35.6 Å². The van der Waals surface area contributed by atoms with Crippen LogP contribution in [0.25, 0.3) is 11.3 Å². The molecule has 0 fully saturated rings. The maximum Gasteiger partial charge on any atom is 0.405 e. The van der Waals surface area contributed by atoms with Crippen molar-refractivity contribution in [1.29, 1.82) is 0 Å². The molecule has 0 bridgehead atoms. The molecule has 2 heterocycles. The van der Waals surface area contributed by atoms with Crippen molar-refractivity contribution >= 4 is 35.6 Å². The number of nitrogens with one attached hydrogen (secondary N) is 3. The number of halogens is 2. The summed E-state index contributed by atoms with van der Waals surface area (Å²) in [6.07, 6.45) is 1.82. The third-order valence-electron chi connectivity index (χ3n) is 8.26. The summed E-state index contributed by atoms with van der Waals surface area (Å²) in [5.41, 5.74) is -0.0114. The molecule has 6 amide bonds. The number of carbonyl (C=O) groups excluding carboxylic acids is 5. The lowest BCUT2D eigenvalue weighted by Gasteiger charge is -2.40. The van der Waals surface area contributed by atoms with Crippen molar-refractivity contribution in [2.75, 3.05) is 32.8 Å². The highest BCUT2D eigenvalue weighted by Gasteiger charge is 2.39. The Kier molecular flexibility index (Phi) is 13.1. The van der Waals surface area contributed by atoms with Crippen molar-refractivity contribution in [3.63, 3.8) is 0 Å². The fourth-order valence-electron chi connectivity index (χ4n) is 5.84. The summed E-state index contributed by atoms with van der Waals surface area (Å²) in [5, 5.41) is 26.7. The van der Waals surface area contributed by atoms with E-state index in [4.69, 9.17) is 4.98 Å². The van der Waals surface area contributed by atoms with Crippen molar-refractivity contribution in [3.8, 4) is 11.3 Å². The number of hydrogen-bond acceptors (Lipinski definition) is 8. The summed E-state index contributed by atoms with van der Waals surface area (Å²) in [6, 6.07) is 9.83. The minimum Gasteiger partial charge on any atom is -0.465 e. The number of benzene rings is 2. The summed E-state index contributed by atoms with van der Waals surface area (Å²) in [4.78, 5) is 80.6. The first-order chi connectivity index (χ1) is 25.1. The van der Waals surface area contributed by atoms with E-state index < -0.39 is 77.9 Å². The molecule has 0 aliphatic carbocycles. The van der Waals surface area contributed by atoms with Gasteiger partial charge in [0.25, 0.3) is 11.8 Å². The van der Waals surface area contributed by atoms with Crippen LogP contribution in [0.3, 0.4) is 0 Å². The summed E-state index contributed by atoms with van der Waals surface area (Å²) in [7, 11) is 0. The van der Waals surface area contributed by atoms with Crippen LogP contribution in [0, 0.1) is 17.0 Å². The summed E-state index contributed by atoms with van der Waals surface area (Å²) < 4.78 is 31.0. The first-order valence-electron chi connectivity index (χ1n) is 16.6. The number of carboxylic acid groups (broad SMARTS) is 1. The van der Waals surface area contributed by atoms with Crippen molar-refractivity contribution in [3.05, 3.63) is 89.9 Å². The Balaban J connectivity index is 1.57. The highest BCUT2D eigenvalue weighted by atomic mass is 19.1. The van der Waals surface area contributed by atoms with Gasteiger partial charge in [-0.3, -0.25) is 28.9 Å². The molecule has 53 heavy (non-hydrogen) atoms. The largest absolute Gasteiger partial charge is 0.465 e. The second-order valence-electron chi connectivity index (χ2n) is 13.3. The molecule has 1 aromatic heterocycles. The molecule has 0 spiro atoms. The number of imide groups is 1. The Morgan fingerprint density at radius 3 is 2.25 bits per heavy atom. The average Bonchev–Trinajstić information content (AvgIpc) is 3.65. The van der Waals surface area contributed by atoms with E-state index >= 15 is 0 Å². The van der Waals surface area contributed by atoms with Gasteiger partial charge in [0, 0.05) is 50.1 Å². The molecule has 4 rings (SSSR count).